The summed E-state index contributed by atoms with van der Waals surface area (Å²) in [5.74, 6) is 0.319. The highest BCUT2D eigenvalue weighted by Gasteiger charge is 2.16. The molecule has 1 amide bonds. The summed E-state index contributed by atoms with van der Waals surface area (Å²) in [7, 11) is 1.60. The summed E-state index contributed by atoms with van der Waals surface area (Å²) >= 11 is 0. The Morgan fingerprint density at radius 1 is 0.968 bits per heavy atom. The molecule has 31 heavy (non-hydrogen) atoms. The van der Waals surface area contributed by atoms with Crippen LogP contribution in [0, 0.1) is 6.92 Å². The van der Waals surface area contributed by atoms with Crippen molar-refractivity contribution in [3.8, 4) is 22.8 Å². The van der Waals surface area contributed by atoms with Crippen LogP contribution in [0.1, 0.15) is 16.7 Å². The molecular weight excluding hydrogens is 388 g/mol. The lowest BCUT2D eigenvalue weighted by molar-refractivity contribution is -0.115. The fourth-order valence-corrected chi connectivity index (χ4v) is 3.84. The van der Waals surface area contributed by atoms with E-state index in [0.717, 1.165) is 38.9 Å². The largest absolute Gasteiger partial charge is 0.508 e. The summed E-state index contributed by atoms with van der Waals surface area (Å²) in [5, 5.41) is 23.3. The quantitative estimate of drug-likeness (QED) is 0.411. The number of phenols is 2. The Bertz CT molecular complexity index is 1270. The minimum absolute atomic E-state index is 0.139. The van der Waals surface area contributed by atoms with E-state index in [1.54, 1.807) is 37.4 Å². The van der Waals surface area contributed by atoms with Crippen LogP contribution < -0.4 is 5.32 Å². The van der Waals surface area contributed by atoms with Crippen LogP contribution in [-0.2, 0) is 11.3 Å². The van der Waals surface area contributed by atoms with E-state index >= 15 is 0 Å². The lowest BCUT2D eigenvalue weighted by atomic mass is 10.1. The number of carbonyl (C=O) groups excluding carboxylic acids is 1. The molecule has 0 aliphatic carbocycles. The van der Waals surface area contributed by atoms with Crippen molar-refractivity contribution in [3.05, 3.63) is 89.5 Å². The molecular formula is C26H24N2O3. The second-order valence-corrected chi connectivity index (χ2v) is 7.50. The molecule has 3 aromatic carbocycles. The number of carbonyl (C=O) groups is 1. The van der Waals surface area contributed by atoms with Crippen LogP contribution in [0.4, 0.5) is 0 Å². The molecule has 0 aliphatic rings. The van der Waals surface area contributed by atoms with Gasteiger partial charge in [0.15, 0.2) is 0 Å². The van der Waals surface area contributed by atoms with E-state index < -0.39 is 0 Å². The van der Waals surface area contributed by atoms with Gasteiger partial charge < -0.3 is 20.1 Å². The van der Waals surface area contributed by atoms with Crippen molar-refractivity contribution in [1.82, 2.24) is 9.88 Å². The van der Waals surface area contributed by atoms with Crippen molar-refractivity contribution < 1.29 is 15.0 Å². The maximum atomic E-state index is 11.4. The number of hydrogen-bond donors (Lipinski definition) is 3. The van der Waals surface area contributed by atoms with Gasteiger partial charge in [-0.3, -0.25) is 4.79 Å². The number of phenolic OH excluding ortho intramolecular Hbond substituents is 2. The molecule has 5 nitrogen and oxygen atoms in total. The van der Waals surface area contributed by atoms with Gasteiger partial charge >= 0.3 is 0 Å². The number of aromatic hydroxyl groups is 2. The first kappa shape index (κ1) is 20.3. The number of hydrogen-bond acceptors (Lipinski definition) is 3. The van der Waals surface area contributed by atoms with Crippen molar-refractivity contribution in [1.29, 1.82) is 0 Å². The van der Waals surface area contributed by atoms with Crippen molar-refractivity contribution in [2.24, 2.45) is 0 Å². The first-order valence-electron chi connectivity index (χ1n) is 10.1. The van der Waals surface area contributed by atoms with Gasteiger partial charge in [-0.2, -0.15) is 0 Å². The summed E-state index contributed by atoms with van der Waals surface area (Å²) in [4.78, 5) is 11.4. The van der Waals surface area contributed by atoms with E-state index in [4.69, 9.17) is 0 Å². The standard InChI is InChI=1S/C26H24N2O3/c1-17-23-15-22(30)12-13-24(23)28(26(17)20-8-10-21(29)11-9-20)16-19-5-3-18(4-6-19)7-14-25(31)27-2/h3-15,29-30H,16H2,1-2H3,(H,27,31). The smallest absolute Gasteiger partial charge is 0.243 e. The van der Waals surface area contributed by atoms with Crippen LogP contribution in [0.3, 0.4) is 0 Å². The normalized spacial score (nSPS) is 11.3. The van der Waals surface area contributed by atoms with E-state index in [-0.39, 0.29) is 17.4 Å². The summed E-state index contributed by atoms with van der Waals surface area (Å²) in [6, 6.07) is 20.7. The predicted octanol–water partition coefficient (Wildman–Crippen LogP) is 4.84. The third-order valence-electron chi connectivity index (χ3n) is 5.43. The Balaban J connectivity index is 1.76. The number of amides is 1. The first-order valence-corrected chi connectivity index (χ1v) is 10.1. The van der Waals surface area contributed by atoms with Crippen LogP contribution in [-0.4, -0.2) is 27.7 Å². The number of aromatic nitrogens is 1. The van der Waals surface area contributed by atoms with Gasteiger partial charge in [-0.1, -0.05) is 24.3 Å². The Hall–Kier alpha value is -3.99. The lowest BCUT2D eigenvalue weighted by Gasteiger charge is -2.13. The highest BCUT2D eigenvalue weighted by molar-refractivity contribution is 5.93. The third kappa shape index (κ3) is 4.16. The molecule has 3 N–H and O–H groups in total. The van der Waals surface area contributed by atoms with Crippen LogP contribution in [0.25, 0.3) is 28.2 Å². The van der Waals surface area contributed by atoms with Gasteiger partial charge in [0, 0.05) is 30.6 Å². The number of rotatable bonds is 5. The molecule has 0 radical (unpaired) electrons. The van der Waals surface area contributed by atoms with Crippen molar-refractivity contribution in [2.45, 2.75) is 13.5 Å². The molecule has 0 atom stereocenters. The Labute approximate surface area is 180 Å². The molecule has 5 heteroatoms. The van der Waals surface area contributed by atoms with Gasteiger partial charge in [-0.25, -0.2) is 0 Å². The topological polar surface area (TPSA) is 74.5 Å². The Morgan fingerprint density at radius 2 is 1.65 bits per heavy atom. The van der Waals surface area contributed by atoms with Gasteiger partial charge in [0.1, 0.15) is 11.5 Å². The van der Waals surface area contributed by atoms with Gasteiger partial charge in [0.2, 0.25) is 5.91 Å². The van der Waals surface area contributed by atoms with Crippen LogP contribution in [0.5, 0.6) is 11.5 Å². The molecule has 1 heterocycles. The third-order valence-corrected chi connectivity index (χ3v) is 5.43. The molecule has 4 aromatic rings. The number of benzene rings is 3. The maximum absolute atomic E-state index is 11.4. The molecule has 0 fully saturated rings. The lowest BCUT2D eigenvalue weighted by Crippen LogP contribution is -2.13. The van der Waals surface area contributed by atoms with Gasteiger partial charge in [-0.05, 0) is 77.7 Å². The second-order valence-electron chi connectivity index (χ2n) is 7.50. The Kier molecular flexibility index (Phi) is 5.50. The van der Waals surface area contributed by atoms with Crippen molar-refractivity contribution in [2.75, 3.05) is 7.05 Å². The molecule has 0 spiro atoms. The number of nitrogens with zero attached hydrogens (tertiary/aromatic N) is 1. The number of aryl methyl sites for hydroxylation is 1. The zero-order chi connectivity index (χ0) is 22.0. The van der Waals surface area contributed by atoms with Crippen LogP contribution >= 0.6 is 0 Å². The van der Waals surface area contributed by atoms with Crippen molar-refractivity contribution in [3.63, 3.8) is 0 Å². The number of nitrogens with one attached hydrogen (secondary N) is 1. The van der Waals surface area contributed by atoms with E-state index in [1.165, 1.54) is 6.08 Å². The zero-order valence-electron chi connectivity index (χ0n) is 17.5. The van der Waals surface area contributed by atoms with E-state index in [2.05, 4.69) is 9.88 Å². The molecule has 4 rings (SSSR count). The highest BCUT2D eigenvalue weighted by atomic mass is 16.3. The fraction of sp³-hybridized carbons (Fsp3) is 0.115. The summed E-state index contributed by atoms with van der Waals surface area (Å²) in [6.07, 6.45) is 3.29. The van der Waals surface area contributed by atoms with Gasteiger partial charge in [0.25, 0.3) is 0 Å². The second kappa shape index (κ2) is 8.40. The average molecular weight is 412 g/mol. The monoisotopic (exact) mass is 412 g/mol. The van der Waals surface area contributed by atoms with Gasteiger partial charge in [-0.15, -0.1) is 0 Å². The number of likely N-dealkylation sites (N-methyl/N-ethyl adjacent to an activating group) is 1. The van der Waals surface area contributed by atoms with E-state index in [1.807, 2.05) is 49.4 Å². The molecule has 0 unspecified atom stereocenters. The molecule has 156 valence electrons. The Morgan fingerprint density at radius 3 is 2.32 bits per heavy atom. The first-order chi connectivity index (χ1) is 15.0. The summed E-state index contributed by atoms with van der Waals surface area (Å²) < 4.78 is 2.23. The van der Waals surface area contributed by atoms with Crippen molar-refractivity contribution >= 4 is 22.9 Å². The minimum Gasteiger partial charge on any atom is -0.508 e. The van der Waals surface area contributed by atoms with Crippen LogP contribution in [0.15, 0.2) is 72.8 Å². The van der Waals surface area contributed by atoms with E-state index in [9.17, 15) is 15.0 Å². The van der Waals surface area contributed by atoms with E-state index in [0.29, 0.717) is 6.54 Å². The SMILES string of the molecule is CNC(=O)C=Cc1ccc(Cn2c(-c3ccc(O)cc3)c(C)c3cc(O)ccc32)cc1. The zero-order valence-corrected chi connectivity index (χ0v) is 17.5. The average Bonchev–Trinajstić information content (AvgIpc) is 3.04. The molecule has 0 saturated carbocycles. The van der Waals surface area contributed by atoms with Gasteiger partial charge in [0.05, 0.1) is 5.69 Å². The maximum Gasteiger partial charge on any atom is 0.243 e. The fourth-order valence-electron chi connectivity index (χ4n) is 3.84. The number of fused-ring (bicyclic) bond motifs is 1. The molecule has 1 aromatic heterocycles. The molecule has 0 saturated heterocycles. The highest BCUT2D eigenvalue weighted by Crippen LogP contribution is 2.36. The minimum atomic E-state index is -0.139. The summed E-state index contributed by atoms with van der Waals surface area (Å²) in [5.41, 5.74) is 6.20. The predicted molar refractivity (Wildman–Crippen MR) is 124 cm³/mol. The summed E-state index contributed by atoms with van der Waals surface area (Å²) in [6.45, 7) is 2.69. The molecule has 0 aliphatic heterocycles. The van der Waals surface area contributed by atoms with Crippen LogP contribution in [0.2, 0.25) is 0 Å². The molecule has 0 bridgehead atoms.